The van der Waals surface area contributed by atoms with Crippen molar-refractivity contribution in [2.24, 2.45) is 0 Å². The van der Waals surface area contributed by atoms with E-state index in [0.717, 1.165) is 11.0 Å². The second-order valence-electron chi connectivity index (χ2n) is 4.70. The first kappa shape index (κ1) is 9.39. The van der Waals surface area contributed by atoms with Gasteiger partial charge in [0.2, 0.25) is 0 Å². The molecule has 0 aliphatic carbocycles. The smallest absolute Gasteiger partial charge is 0.112 e. The largest absolute Gasteiger partial charge is 0.197 e. The van der Waals surface area contributed by atoms with Crippen molar-refractivity contribution in [1.82, 2.24) is 15.4 Å². The molecular formula is C10H15N3Si. The van der Waals surface area contributed by atoms with Gasteiger partial charge < -0.3 is 0 Å². The molecule has 0 atom stereocenters. The molecule has 1 aromatic heterocycles. The van der Waals surface area contributed by atoms with Gasteiger partial charge in [0, 0.05) is 0 Å². The summed E-state index contributed by atoms with van der Waals surface area (Å²) in [6, 6.07) is 4.16. The van der Waals surface area contributed by atoms with E-state index in [2.05, 4.69) is 48.0 Å². The highest BCUT2D eigenvalue weighted by Gasteiger charge is 2.22. The summed E-state index contributed by atoms with van der Waals surface area (Å²) in [5.74, 6) is 0. The second-order valence-corrected chi connectivity index (χ2v) is 9.70. The van der Waals surface area contributed by atoms with Crippen LogP contribution < -0.4 is 5.19 Å². The van der Waals surface area contributed by atoms with Crippen molar-refractivity contribution in [1.29, 1.82) is 0 Å². The Morgan fingerprint density at radius 2 is 1.86 bits per heavy atom. The van der Waals surface area contributed by atoms with E-state index in [1.165, 1.54) is 10.8 Å². The van der Waals surface area contributed by atoms with Gasteiger partial charge in [0.1, 0.15) is 11.0 Å². The van der Waals surface area contributed by atoms with Crippen molar-refractivity contribution in [3.05, 3.63) is 17.7 Å². The Morgan fingerprint density at radius 1 is 1.14 bits per heavy atom. The van der Waals surface area contributed by atoms with Crippen LogP contribution in [-0.4, -0.2) is 23.5 Å². The van der Waals surface area contributed by atoms with Crippen LogP contribution in [0.4, 0.5) is 0 Å². The van der Waals surface area contributed by atoms with E-state index in [-0.39, 0.29) is 0 Å². The molecule has 1 heterocycles. The molecule has 0 aliphatic heterocycles. The Hall–Kier alpha value is -1.16. The Balaban J connectivity index is 2.83. The number of H-pyrrole nitrogens is 1. The molecule has 0 bridgehead atoms. The van der Waals surface area contributed by atoms with Gasteiger partial charge in [-0.15, -0.1) is 0 Å². The van der Waals surface area contributed by atoms with E-state index in [4.69, 9.17) is 0 Å². The number of hydrogen-bond donors (Lipinski definition) is 1. The fraction of sp³-hybridized carbons (Fsp3) is 0.400. The van der Waals surface area contributed by atoms with Crippen LogP contribution in [-0.2, 0) is 0 Å². The molecule has 4 heteroatoms. The summed E-state index contributed by atoms with van der Waals surface area (Å²) >= 11 is 0. The van der Waals surface area contributed by atoms with E-state index in [1.54, 1.807) is 0 Å². The average Bonchev–Trinajstić information content (AvgIpc) is 2.48. The molecule has 0 aliphatic rings. The average molecular weight is 205 g/mol. The van der Waals surface area contributed by atoms with Gasteiger partial charge in [-0.25, -0.2) is 0 Å². The summed E-state index contributed by atoms with van der Waals surface area (Å²) in [4.78, 5) is 0. The zero-order valence-electron chi connectivity index (χ0n) is 9.05. The van der Waals surface area contributed by atoms with Crippen LogP contribution in [0.15, 0.2) is 12.1 Å². The summed E-state index contributed by atoms with van der Waals surface area (Å²) in [6.07, 6.45) is 0. The fourth-order valence-electron chi connectivity index (χ4n) is 1.96. The van der Waals surface area contributed by atoms with E-state index in [1.807, 2.05) is 6.07 Å². The lowest BCUT2D eigenvalue weighted by atomic mass is 10.2. The number of aromatic nitrogens is 3. The van der Waals surface area contributed by atoms with Crippen molar-refractivity contribution in [3.8, 4) is 0 Å². The molecule has 2 aromatic rings. The van der Waals surface area contributed by atoms with Crippen molar-refractivity contribution >= 4 is 24.3 Å². The van der Waals surface area contributed by atoms with Gasteiger partial charge >= 0.3 is 0 Å². The third-order valence-corrected chi connectivity index (χ3v) is 4.58. The first-order valence-corrected chi connectivity index (χ1v) is 8.31. The van der Waals surface area contributed by atoms with Crippen molar-refractivity contribution in [3.63, 3.8) is 0 Å². The number of aromatic amines is 1. The van der Waals surface area contributed by atoms with E-state index >= 15 is 0 Å². The van der Waals surface area contributed by atoms with E-state index in [0.29, 0.717) is 0 Å². The molecule has 1 N–H and O–H groups in total. The van der Waals surface area contributed by atoms with E-state index in [9.17, 15) is 0 Å². The number of fused-ring (bicyclic) bond motifs is 1. The third kappa shape index (κ3) is 1.35. The van der Waals surface area contributed by atoms with Crippen molar-refractivity contribution < 1.29 is 0 Å². The van der Waals surface area contributed by atoms with Gasteiger partial charge in [-0.2, -0.15) is 15.4 Å². The van der Waals surface area contributed by atoms with Crippen LogP contribution in [0.25, 0.3) is 11.0 Å². The first-order valence-electron chi connectivity index (χ1n) is 4.81. The minimum absolute atomic E-state index is 0.980. The van der Waals surface area contributed by atoms with Gasteiger partial charge in [0.25, 0.3) is 0 Å². The molecule has 0 spiro atoms. The lowest BCUT2D eigenvalue weighted by Gasteiger charge is -2.19. The fourth-order valence-corrected chi connectivity index (χ4v) is 4.12. The molecule has 1 aromatic carbocycles. The van der Waals surface area contributed by atoms with Gasteiger partial charge in [-0.05, 0) is 23.7 Å². The number of nitrogens with zero attached hydrogens (tertiary/aromatic N) is 2. The van der Waals surface area contributed by atoms with Gasteiger partial charge in [-0.1, -0.05) is 25.7 Å². The highest BCUT2D eigenvalue weighted by Crippen LogP contribution is 2.14. The molecular weight excluding hydrogens is 190 g/mol. The highest BCUT2D eigenvalue weighted by molar-refractivity contribution is 6.90. The molecule has 2 rings (SSSR count). The predicted octanol–water partition coefficient (Wildman–Crippen LogP) is 1.81. The lowest BCUT2D eigenvalue weighted by Crippen LogP contribution is -2.40. The topological polar surface area (TPSA) is 41.6 Å². The SMILES string of the molecule is Cc1ccc2n[nH]nc2c1[Si](C)(C)C. The summed E-state index contributed by atoms with van der Waals surface area (Å²) < 4.78 is 0. The molecule has 74 valence electrons. The molecule has 0 saturated heterocycles. The third-order valence-electron chi connectivity index (χ3n) is 2.45. The number of nitrogens with one attached hydrogen (secondary N) is 1. The van der Waals surface area contributed by atoms with Crippen LogP contribution in [0.1, 0.15) is 5.56 Å². The maximum Gasteiger partial charge on any atom is 0.112 e. The summed E-state index contributed by atoms with van der Waals surface area (Å²) in [7, 11) is -1.33. The zero-order chi connectivity index (χ0) is 10.3. The molecule has 0 amide bonds. The number of hydrogen-bond acceptors (Lipinski definition) is 2. The highest BCUT2D eigenvalue weighted by atomic mass is 28.3. The van der Waals surface area contributed by atoms with E-state index < -0.39 is 8.07 Å². The first-order chi connectivity index (χ1) is 6.50. The van der Waals surface area contributed by atoms with Gasteiger partial charge in [0.15, 0.2) is 0 Å². The molecule has 0 fully saturated rings. The Kier molecular flexibility index (Phi) is 1.96. The van der Waals surface area contributed by atoms with Crippen LogP contribution in [0.5, 0.6) is 0 Å². The monoisotopic (exact) mass is 205 g/mol. The second kappa shape index (κ2) is 2.92. The lowest BCUT2D eigenvalue weighted by molar-refractivity contribution is 0.960. The minimum Gasteiger partial charge on any atom is -0.197 e. The van der Waals surface area contributed by atoms with Gasteiger partial charge in [0.05, 0.1) is 8.07 Å². The number of rotatable bonds is 1. The zero-order valence-corrected chi connectivity index (χ0v) is 10.0. The Labute approximate surface area is 84.5 Å². The van der Waals surface area contributed by atoms with Crippen LogP contribution >= 0.6 is 0 Å². The summed E-state index contributed by atoms with van der Waals surface area (Å²) in [6.45, 7) is 9.16. The van der Waals surface area contributed by atoms with Crippen LogP contribution in [0.3, 0.4) is 0 Å². The quantitative estimate of drug-likeness (QED) is 0.721. The van der Waals surface area contributed by atoms with Crippen molar-refractivity contribution in [2.75, 3.05) is 0 Å². The molecule has 0 unspecified atom stereocenters. The van der Waals surface area contributed by atoms with Crippen LogP contribution in [0, 0.1) is 6.92 Å². The normalized spacial score (nSPS) is 12.3. The Morgan fingerprint density at radius 3 is 2.50 bits per heavy atom. The predicted molar refractivity (Wildman–Crippen MR) is 61.6 cm³/mol. The van der Waals surface area contributed by atoms with Crippen LogP contribution in [0.2, 0.25) is 19.6 Å². The standard InChI is InChI=1S/C10H15N3Si/c1-7-5-6-8-9(12-13-11-8)10(7)14(2,3)4/h5-6H,1-4H3,(H,11,12,13). The number of benzene rings is 1. The summed E-state index contributed by atoms with van der Waals surface area (Å²) in [5.41, 5.74) is 3.38. The minimum atomic E-state index is -1.33. The molecule has 0 radical (unpaired) electrons. The molecule has 0 saturated carbocycles. The maximum absolute atomic E-state index is 4.24. The van der Waals surface area contributed by atoms with Gasteiger partial charge in [-0.3, -0.25) is 0 Å². The molecule has 3 nitrogen and oxygen atoms in total. The van der Waals surface area contributed by atoms with Crippen molar-refractivity contribution in [2.45, 2.75) is 26.6 Å². The number of aryl methyl sites for hydroxylation is 1. The maximum atomic E-state index is 4.24. The molecule has 14 heavy (non-hydrogen) atoms. The summed E-state index contributed by atoms with van der Waals surface area (Å²) in [5, 5.41) is 12.5. The Bertz CT molecular complexity index is 468.